The van der Waals surface area contributed by atoms with Crippen molar-refractivity contribution in [1.29, 1.82) is 0 Å². The summed E-state index contributed by atoms with van der Waals surface area (Å²) < 4.78 is 75.0. The average Bonchev–Trinajstić information content (AvgIpc) is 3.79. The molecule has 4 aliphatic heterocycles. The molecule has 0 spiro atoms. The summed E-state index contributed by atoms with van der Waals surface area (Å²) in [6, 6.07) is 3.28. The Balaban J connectivity index is 0.804. The highest BCUT2D eigenvalue weighted by atomic mass is 16.8. The van der Waals surface area contributed by atoms with Crippen LogP contribution < -0.4 is 0 Å². The number of carbonyl (C=O) groups is 2. The molecule has 21 heteroatoms. The molecule has 6 N–H and O–H groups in total. The van der Waals surface area contributed by atoms with Gasteiger partial charge in [0.2, 0.25) is 0 Å². The lowest BCUT2D eigenvalue weighted by Gasteiger charge is -2.66. The van der Waals surface area contributed by atoms with Crippen molar-refractivity contribution in [3.05, 3.63) is 41.7 Å². The Morgan fingerprint density at radius 1 is 0.747 bits per heavy atom. The molecule has 422 valence electrons. The smallest absolute Gasteiger partial charge is 0.339 e. The monoisotopic (exact) mass is 1060 g/mol. The maximum atomic E-state index is 13.7. The summed E-state index contributed by atoms with van der Waals surface area (Å²) in [5.74, 6) is -1.78. The average molecular weight is 1060 g/mol. The Morgan fingerprint density at radius 2 is 1.32 bits per heavy atom. The maximum Gasteiger partial charge on any atom is 0.339 e. The quantitative estimate of drug-likeness (QED) is 0.109. The molecule has 1 aromatic rings. The van der Waals surface area contributed by atoms with Crippen molar-refractivity contribution in [2.75, 3.05) is 27.9 Å². The molecule has 9 rings (SSSR count). The topological polar surface area (TPSA) is 279 Å². The Bertz CT molecular complexity index is 2170. The molecule has 0 amide bonds. The van der Waals surface area contributed by atoms with E-state index >= 15 is 0 Å². The molecule has 4 saturated heterocycles. The summed E-state index contributed by atoms with van der Waals surface area (Å²) in [7, 11) is 4.74. The molecule has 5 heterocycles. The van der Waals surface area contributed by atoms with Crippen LogP contribution in [0.25, 0.3) is 0 Å². The van der Waals surface area contributed by atoms with Crippen LogP contribution in [-0.4, -0.2) is 203 Å². The van der Waals surface area contributed by atoms with Crippen molar-refractivity contribution in [2.45, 2.75) is 234 Å². The molecule has 75 heavy (non-hydrogen) atoms. The van der Waals surface area contributed by atoms with E-state index in [1.165, 1.54) is 20.2 Å². The van der Waals surface area contributed by atoms with Gasteiger partial charge in [0.15, 0.2) is 25.2 Å². The lowest BCUT2D eigenvalue weighted by atomic mass is 9.43. The molecule has 3 saturated carbocycles. The zero-order valence-electron chi connectivity index (χ0n) is 44.6. The van der Waals surface area contributed by atoms with Crippen LogP contribution in [0.1, 0.15) is 116 Å². The second kappa shape index (κ2) is 22.5. The highest BCUT2D eigenvalue weighted by molar-refractivity contribution is 5.89. The van der Waals surface area contributed by atoms with E-state index in [1.54, 1.807) is 39.5 Å². The minimum absolute atomic E-state index is 0.106. The highest BCUT2D eigenvalue weighted by Crippen LogP contribution is 2.70. The third-order valence-electron chi connectivity index (χ3n) is 18.9. The summed E-state index contributed by atoms with van der Waals surface area (Å²) in [5.41, 5.74) is -3.69. The van der Waals surface area contributed by atoms with Gasteiger partial charge >= 0.3 is 5.97 Å². The minimum atomic E-state index is -1.71. The number of ketones is 1. The fraction of sp³-hybridized carbons (Fsp3) is 0.833. The SMILES string of the molecule is CO[C@H]1C[C@H](O[C@H]2CC[C@@]3(C)C(=CC[C@]4(O)[C@@H]3C[C@@H](OC(=O)c3cccnc3)[C@]3(C)[C@@H](C(C)=O)CC[C@@]34O)C2)O[C@H](C)[C@H]1O[C@H]1C[C@H](OC)[C@H](O[C@H]2C[C@@H](OC)[C@@H](O[C@@H]3O[C@H](CO)[C@@H](O)[C@H](O)[C@H]3O)[C@@H](C)O2)[C@@H](C)O1. The number of hydrogen-bond donors (Lipinski definition) is 6. The minimum Gasteiger partial charge on any atom is -0.458 e. The first kappa shape index (κ1) is 57.0. The number of aliphatic hydroxyl groups excluding tert-OH is 4. The summed E-state index contributed by atoms with van der Waals surface area (Å²) in [4.78, 5) is 31.0. The number of pyridine rings is 1. The van der Waals surface area contributed by atoms with Crippen molar-refractivity contribution < 1.29 is 97.1 Å². The molecule has 25 atom stereocenters. The molecule has 21 nitrogen and oxygen atoms in total. The van der Waals surface area contributed by atoms with Crippen molar-refractivity contribution in [3.8, 4) is 0 Å². The molecular weight excluding hydrogens is 983 g/mol. The fourth-order valence-corrected chi connectivity index (χ4v) is 14.7. The van der Waals surface area contributed by atoms with E-state index in [-0.39, 0.29) is 43.1 Å². The Morgan fingerprint density at radius 3 is 1.85 bits per heavy atom. The normalized spacial score (nSPS) is 48.9. The van der Waals surface area contributed by atoms with Gasteiger partial charge in [-0.1, -0.05) is 25.5 Å². The van der Waals surface area contributed by atoms with Gasteiger partial charge in [-0.15, -0.1) is 0 Å². The number of Topliss-reactive ketones (excluding diaryl/α,β-unsaturated/α-hetero) is 1. The van der Waals surface area contributed by atoms with E-state index in [1.807, 2.05) is 20.8 Å². The van der Waals surface area contributed by atoms with Crippen LogP contribution in [0.2, 0.25) is 0 Å². The number of nitrogens with zero attached hydrogens (tertiary/aromatic N) is 1. The molecule has 1 aromatic heterocycles. The Labute approximate surface area is 438 Å². The van der Waals surface area contributed by atoms with Crippen molar-refractivity contribution in [1.82, 2.24) is 4.98 Å². The first-order valence-corrected chi connectivity index (χ1v) is 26.9. The molecule has 0 radical (unpaired) electrons. The number of carbonyl (C=O) groups excluding carboxylic acids is 2. The summed E-state index contributed by atoms with van der Waals surface area (Å²) in [6.45, 7) is 10.4. The number of aliphatic hydroxyl groups is 6. The van der Waals surface area contributed by atoms with Gasteiger partial charge in [-0.2, -0.15) is 0 Å². The largest absolute Gasteiger partial charge is 0.458 e. The van der Waals surface area contributed by atoms with Crippen LogP contribution in [0, 0.1) is 22.7 Å². The summed E-state index contributed by atoms with van der Waals surface area (Å²) in [5, 5.41) is 66.7. The van der Waals surface area contributed by atoms with E-state index in [0.717, 1.165) is 5.57 Å². The van der Waals surface area contributed by atoms with Crippen LogP contribution in [0.4, 0.5) is 0 Å². The van der Waals surface area contributed by atoms with E-state index in [0.29, 0.717) is 38.5 Å². The van der Waals surface area contributed by atoms with Crippen LogP contribution in [0.15, 0.2) is 36.2 Å². The van der Waals surface area contributed by atoms with Gasteiger partial charge in [-0.3, -0.25) is 9.78 Å². The first-order chi connectivity index (χ1) is 35.6. The molecular formula is C54H81NO20. The number of aromatic nitrogens is 1. The Hall–Kier alpha value is -2.65. The van der Waals surface area contributed by atoms with E-state index in [9.17, 15) is 40.2 Å². The second-order valence-corrected chi connectivity index (χ2v) is 22.9. The van der Waals surface area contributed by atoms with Crippen molar-refractivity contribution in [2.24, 2.45) is 22.7 Å². The summed E-state index contributed by atoms with van der Waals surface area (Å²) >= 11 is 0. The van der Waals surface area contributed by atoms with Crippen molar-refractivity contribution in [3.63, 3.8) is 0 Å². The van der Waals surface area contributed by atoms with E-state index in [4.69, 9.17) is 56.8 Å². The van der Waals surface area contributed by atoms with Crippen LogP contribution in [0.5, 0.6) is 0 Å². The number of fused-ring (bicyclic) bond motifs is 5. The third kappa shape index (κ3) is 10.2. The number of methoxy groups -OCH3 is 3. The lowest BCUT2D eigenvalue weighted by molar-refractivity contribution is -0.357. The van der Waals surface area contributed by atoms with E-state index in [2.05, 4.69) is 18.0 Å². The zero-order chi connectivity index (χ0) is 53.9. The highest BCUT2D eigenvalue weighted by Gasteiger charge is 2.77. The standard InChI is InChI=1S/C54H81NO20/c1-26(57)33-14-17-54(63)52(33,6)39(72-49(61)30-11-10-18-55-24-30)23-38-51(5)15-13-32(19-31(51)12-16-53(38,54)62)70-40-20-34(64-7)46(27(2)67-40)73-41-21-35(65-8)47(28(3)68-41)74-42-22-36(66-9)48(29(4)69-42)75-50-45(60)44(59)43(58)37(25-56)71-50/h10-12,18,24,27-29,32-48,50,56,58-60,62-63H,13-17,19-23,25H2,1-9H3/t27-,28-,29-,32+,33-,34+,35+,36-,37-,38-,39-,40+,41+,42+,43-,44+,45-,46-,47-,48+,50+,51+,52+,53+,54-/m1/s1. The maximum absolute atomic E-state index is 13.7. The van der Waals surface area contributed by atoms with Crippen molar-refractivity contribution >= 4 is 11.8 Å². The predicted molar refractivity (Wildman–Crippen MR) is 260 cm³/mol. The van der Waals surface area contributed by atoms with Gasteiger partial charge in [0.1, 0.15) is 65.8 Å². The van der Waals surface area contributed by atoms with Crippen LogP contribution in [-0.2, 0) is 61.6 Å². The van der Waals surface area contributed by atoms with Crippen LogP contribution >= 0.6 is 0 Å². The zero-order valence-corrected chi connectivity index (χ0v) is 44.6. The number of rotatable bonds is 15. The summed E-state index contributed by atoms with van der Waals surface area (Å²) in [6.07, 6.45) is -6.45. The third-order valence-corrected chi connectivity index (χ3v) is 18.9. The lowest BCUT2D eigenvalue weighted by Crippen LogP contribution is -2.75. The molecule has 0 bridgehead atoms. The molecule has 8 aliphatic rings. The molecule has 0 aromatic carbocycles. The van der Waals surface area contributed by atoms with Gasteiger partial charge in [0, 0.05) is 70.2 Å². The molecule has 4 aliphatic carbocycles. The number of ether oxygens (including phenoxy) is 12. The van der Waals surface area contributed by atoms with Gasteiger partial charge in [-0.25, -0.2) is 4.79 Å². The molecule has 0 unspecified atom stereocenters. The molecule has 7 fully saturated rings. The predicted octanol–water partition coefficient (Wildman–Crippen LogP) is 2.41. The Kier molecular flexibility index (Phi) is 17.1. The van der Waals surface area contributed by atoms with Crippen LogP contribution in [0.3, 0.4) is 0 Å². The van der Waals surface area contributed by atoms with Gasteiger partial charge in [0.25, 0.3) is 0 Å². The fourth-order valence-electron chi connectivity index (χ4n) is 14.7. The number of esters is 1. The second-order valence-electron chi connectivity index (χ2n) is 22.9. The number of hydrogen-bond acceptors (Lipinski definition) is 21. The van der Waals surface area contributed by atoms with Gasteiger partial charge in [0.05, 0.1) is 54.9 Å². The first-order valence-electron chi connectivity index (χ1n) is 26.9. The van der Waals surface area contributed by atoms with Gasteiger partial charge < -0.3 is 87.5 Å². The van der Waals surface area contributed by atoms with Gasteiger partial charge in [-0.05, 0) is 90.2 Å². The van der Waals surface area contributed by atoms with E-state index < -0.39 is 157 Å².